The van der Waals surface area contributed by atoms with Crippen molar-refractivity contribution in [3.63, 3.8) is 0 Å². The normalized spacial score (nSPS) is 10.7. The van der Waals surface area contributed by atoms with E-state index in [9.17, 15) is 4.79 Å². The van der Waals surface area contributed by atoms with Crippen LogP contribution in [0.5, 0.6) is 5.75 Å². The number of carbonyl (C=O) groups is 1. The number of carbonyl (C=O) groups excluding carboxylic acids is 1. The van der Waals surface area contributed by atoms with Gasteiger partial charge in [0.1, 0.15) is 11.3 Å². The summed E-state index contributed by atoms with van der Waals surface area (Å²) >= 11 is 0. The molecule has 136 valence electrons. The van der Waals surface area contributed by atoms with Crippen molar-refractivity contribution < 1.29 is 13.9 Å². The fraction of sp³-hybridized carbons (Fsp3) is 0.286. The molecule has 0 spiro atoms. The van der Waals surface area contributed by atoms with E-state index in [0.717, 1.165) is 46.7 Å². The molecule has 0 aliphatic rings. The highest BCUT2D eigenvalue weighted by Crippen LogP contribution is 2.26. The van der Waals surface area contributed by atoms with Gasteiger partial charge in [0.15, 0.2) is 0 Å². The van der Waals surface area contributed by atoms with Gasteiger partial charge in [-0.25, -0.2) is 0 Å². The van der Waals surface area contributed by atoms with Crippen LogP contribution in [0.15, 0.2) is 53.1 Å². The summed E-state index contributed by atoms with van der Waals surface area (Å²) in [6.07, 6.45) is 1.89. The Morgan fingerprint density at radius 1 is 1.12 bits per heavy atom. The zero-order chi connectivity index (χ0) is 18.5. The van der Waals surface area contributed by atoms with Crippen LogP contribution in [0.2, 0.25) is 0 Å². The molecule has 1 heterocycles. The smallest absolute Gasteiger partial charge is 0.228 e. The summed E-state index contributed by atoms with van der Waals surface area (Å²) in [6, 6.07) is 13.5. The number of anilines is 2. The fourth-order valence-electron chi connectivity index (χ4n) is 3.05. The Morgan fingerprint density at radius 2 is 1.85 bits per heavy atom. The molecule has 0 radical (unpaired) electrons. The Kier molecular flexibility index (Phi) is 5.46. The maximum absolute atomic E-state index is 12.4. The van der Waals surface area contributed by atoms with E-state index in [1.807, 2.05) is 42.5 Å². The quantitative estimate of drug-likeness (QED) is 0.682. The van der Waals surface area contributed by atoms with Gasteiger partial charge in [-0.3, -0.25) is 4.79 Å². The topological polar surface area (TPSA) is 54.7 Å². The minimum absolute atomic E-state index is 0.0703. The molecule has 0 atom stereocenters. The van der Waals surface area contributed by atoms with Crippen LogP contribution in [-0.2, 0) is 11.2 Å². The molecular formula is C21H24N2O3. The molecule has 1 aromatic heterocycles. The van der Waals surface area contributed by atoms with E-state index < -0.39 is 0 Å². The predicted molar refractivity (Wildman–Crippen MR) is 105 cm³/mol. The maximum atomic E-state index is 12.4. The molecule has 0 bridgehead atoms. The molecule has 0 saturated carbocycles. The van der Waals surface area contributed by atoms with Gasteiger partial charge in [0, 0.05) is 41.5 Å². The molecule has 0 aliphatic carbocycles. The van der Waals surface area contributed by atoms with Crippen LogP contribution >= 0.6 is 0 Å². The van der Waals surface area contributed by atoms with E-state index in [4.69, 9.17) is 9.15 Å². The largest absolute Gasteiger partial charge is 0.497 e. The molecule has 3 aromatic rings. The fourth-order valence-corrected chi connectivity index (χ4v) is 3.05. The standard InChI is InChI=1S/C21H24N2O3/c1-4-23(5-2)17-8-6-16(7-9-17)22-21(24)12-15-14-26-20-13-18(25-3)10-11-19(15)20/h6-11,13-14H,4-5,12H2,1-3H3,(H,22,24). The van der Waals surface area contributed by atoms with Crippen molar-refractivity contribution in [1.82, 2.24) is 0 Å². The van der Waals surface area contributed by atoms with Gasteiger partial charge in [-0.2, -0.15) is 0 Å². The molecule has 5 nitrogen and oxygen atoms in total. The monoisotopic (exact) mass is 352 g/mol. The number of hydrogen-bond acceptors (Lipinski definition) is 4. The van der Waals surface area contributed by atoms with Crippen molar-refractivity contribution in [3.05, 3.63) is 54.3 Å². The maximum Gasteiger partial charge on any atom is 0.228 e. The van der Waals surface area contributed by atoms with Gasteiger partial charge in [-0.15, -0.1) is 0 Å². The Morgan fingerprint density at radius 3 is 2.50 bits per heavy atom. The Bertz CT molecular complexity index is 880. The average molecular weight is 352 g/mol. The highest BCUT2D eigenvalue weighted by Gasteiger charge is 2.12. The summed E-state index contributed by atoms with van der Waals surface area (Å²) in [4.78, 5) is 14.7. The molecule has 26 heavy (non-hydrogen) atoms. The Labute approximate surface area is 153 Å². The third-order valence-corrected chi connectivity index (χ3v) is 4.49. The molecule has 1 N–H and O–H groups in total. The van der Waals surface area contributed by atoms with E-state index in [-0.39, 0.29) is 12.3 Å². The van der Waals surface area contributed by atoms with Gasteiger partial charge in [0.05, 0.1) is 19.8 Å². The number of nitrogens with zero attached hydrogens (tertiary/aromatic N) is 1. The van der Waals surface area contributed by atoms with Crippen LogP contribution in [0.3, 0.4) is 0 Å². The lowest BCUT2D eigenvalue weighted by atomic mass is 10.1. The SMILES string of the molecule is CCN(CC)c1ccc(NC(=O)Cc2coc3cc(OC)ccc23)cc1. The van der Waals surface area contributed by atoms with E-state index in [0.29, 0.717) is 0 Å². The number of hydrogen-bond donors (Lipinski definition) is 1. The number of furan rings is 1. The Balaban J connectivity index is 1.67. The number of amides is 1. The lowest BCUT2D eigenvalue weighted by Gasteiger charge is -2.21. The molecule has 0 fully saturated rings. The van der Waals surface area contributed by atoms with Crippen LogP contribution in [0.25, 0.3) is 11.0 Å². The van der Waals surface area contributed by atoms with Gasteiger partial charge in [0.25, 0.3) is 0 Å². The molecule has 0 unspecified atom stereocenters. The van der Waals surface area contributed by atoms with Crippen molar-refractivity contribution in [3.8, 4) is 5.75 Å². The van der Waals surface area contributed by atoms with E-state index >= 15 is 0 Å². The second-order valence-corrected chi connectivity index (χ2v) is 6.07. The van der Waals surface area contributed by atoms with E-state index in [1.165, 1.54) is 0 Å². The summed E-state index contributed by atoms with van der Waals surface area (Å²) in [5.74, 6) is 0.662. The number of nitrogens with one attached hydrogen (secondary N) is 1. The first-order valence-electron chi connectivity index (χ1n) is 8.83. The minimum Gasteiger partial charge on any atom is -0.497 e. The van der Waals surface area contributed by atoms with Crippen molar-refractivity contribution in [2.24, 2.45) is 0 Å². The molecule has 5 heteroatoms. The number of methoxy groups -OCH3 is 1. The van der Waals surface area contributed by atoms with Gasteiger partial charge >= 0.3 is 0 Å². The molecular weight excluding hydrogens is 328 g/mol. The van der Waals surface area contributed by atoms with Crippen LogP contribution in [0, 0.1) is 0 Å². The van der Waals surface area contributed by atoms with Crippen molar-refractivity contribution in [1.29, 1.82) is 0 Å². The molecule has 1 amide bonds. The zero-order valence-corrected chi connectivity index (χ0v) is 15.4. The van der Waals surface area contributed by atoms with Crippen molar-refractivity contribution >= 4 is 28.3 Å². The minimum atomic E-state index is -0.0703. The third-order valence-electron chi connectivity index (χ3n) is 4.49. The lowest BCUT2D eigenvalue weighted by Crippen LogP contribution is -2.21. The van der Waals surface area contributed by atoms with Gasteiger partial charge < -0.3 is 19.4 Å². The van der Waals surface area contributed by atoms with Crippen LogP contribution < -0.4 is 15.0 Å². The number of benzene rings is 2. The molecule has 2 aromatic carbocycles. The van der Waals surface area contributed by atoms with Gasteiger partial charge in [-0.1, -0.05) is 0 Å². The second-order valence-electron chi connectivity index (χ2n) is 6.07. The highest BCUT2D eigenvalue weighted by molar-refractivity contribution is 5.95. The third kappa shape index (κ3) is 3.82. The highest BCUT2D eigenvalue weighted by atomic mass is 16.5. The first-order valence-corrected chi connectivity index (χ1v) is 8.83. The first kappa shape index (κ1) is 17.9. The molecule has 3 rings (SSSR count). The van der Waals surface area contributed by atoms with Crippen LogP contribution in [0.4, 0.5) is 11.4 Å². The number of rotatable bonds is 7. The van der Waals surface area contributed by atoms with E-state index in [2.05, 4.69) is 24.1 Å². The second kappa shape index (κ2) is 7.95. The predicted octanol–water partition coefficient (Wildman–Crippen LogP) is 4.47. The van der Waals surface area contributed by atoms with Crippen molar-refractivity contribution in [2.45, 2.75) is 20.3 Å². The number of ether oxygens (including phenoxy) is 1. The Hall–Kier alpha value is -2.95. The summed E-state index contributed by atoms with van der Waals surface area (Å²) < 4.78 is 10.7. The zero-order valence-electron chi connectivity index (χ0n) is 15.4. The average Bonchev–Trinajstić information content (AvgIpc) is 3.06. The van der Waals surface area contributed by atoms with Gasteiger partial charge in [0.2, 0.25) is 5.91 Å². The van der Waals surface area contributed by atoms with Crippen LogP contribution in [0.1, 0.15) is 19.4 Å². The summed E-state index contributed by atoms with van der Waals surface area (Å²) in [7, 11) is 1.62. The van der Waals surface area contributed by atoms with Crippen LogP contribution in [-0.4, -0.2) is 26.1 Å². The molecule has 0 aliphatic heterocycles. The summed E-state index contributed by atoms with van der Waals surface area (Å²) in [6.45, 7) is 6.18. The first-order chi connectivity index (χ1) is 12.6. The summed E-state index contributed by atoms with van der Waals surface area (Å²) in [5.41, 5.74) is 3.53. The number of fused-ring (bicyclic) bond motifs is 1. The molecule has 0 saturated heterocycles. The van der Waals surface area contributed by atoms with E-state index in [1.54, 1.807) is 13.4 Å². The summed E-state index contributed by atoms with van der Waals surface area (Å²) in [5, 5.41) is 3.87. The lowest BCUT2D eigenvalue weighted by molar-refractivity contribution is -0.115. The van der Waals surface area contributed by atoms with Crippen molar-refractivity contribution in [2.75, 3.05) is 30.4 Å². The van der Waals surface area contributed by atoms with Gasteiger partial charge in [-0.05, 0) is 50.2 Å².